The first kappa shape index (κ1) is 21.2. The molecule has 0 nitrogen and oxygen atoms in total. The Bertz CT molecular complexity index is 722. The molecule has 28 heavy (non-hydrogen) atoms. The third kappa shape index (κ3) is 5.76. The molecule has 0 atom stereocenters. The Labute approximate surface area is 171 Å². The lowest BCUT2D eigenvalue weighted by Crippen LogP contribution is -2.06. The van der Waals surface area contributed by atoms with Crippen LogP contribution in [-0.4, -0.2) is 0 Å². The lowest BCUT2D eigenvalue weighted by Gasteiger charge is -2.22. The van der Waals surface area contributed by atoms with Gasteiger partial charge in [0.05, 0.1) is 0 Å². The van der Waals surface area contributed by atoms with E-state index >= 15 is 0 Å². The molecule has 0 bridgehead atoms. The quantitative estimate of drug-likeness (QED) is 0.436. The van der Waals surface area contributed by atoms with Crippen molar-refractivity contribution in [2.45, 2.75) is 76.0 Å². The molecule has 2 aliphatic rings. The first-order valence-corrected chi connectivity index (χ1v) is 10.8. The van der Waals surface area contributed by atoms with Crippen molar-refractivity contribution in [1.82, 2.24) is 0 Å². The number of halogens is 4. The van der Waals surface area contributed by atoms with E-state index in [2.05, 4.69) is 12.1 Å². The molecule has 0 N–H and O–H groups in total. The monoisotopic (exact) mass is 408 g/mol. The molecule has 2 aromatic rings. The number of rotatable bonds is 2. The van der Waals surface area contributed by atoms with Crippen LogP contribution in [0.25, 0.3) is 0 Å². The van der Waals surface area contributed by atoms with Crippen molar-refractivity contribution in [3.05, 3.63) is 70.0 Å². The van der Waals surface area contributed by atoms with Crippen molar-refractivity contribution in [3.63, 3.8) is 0 Å². The fourth-order valence-corrected chi connectivity index (χ4v) is 4.54. The molecular weight excluding hydrogens is 381 g/mol. The Morgan fingerprint density at radius 3 is 1.50 bits per heavy atom. The molecule has 4 rings (SSSR count). The van der Waals surface area contributed by atoms with Gasteiger partial charge >= 0.3 is 0 Å². The van der Waals surface area contributed by atoms with Crippen LogP contribution in [0, 0.1) is 17.5 Å². The van der Waals surface area contributed by atoms with Gasteiger partial charge in [0.15, 0.2) is 17.5 Å². The van der Waals surface area contributed by atoms with Gasteiger partial charge in [0, 0.05) is 5.02 Å². The summed E-state index contributed by atoms with van der Waals surface area (Å²) >= 11 is 5.85. The average Bonchev–Trinajstić information content (AvgIpc) is 2.74. The van der Waals surface area contributed by atoms with Gasteiger partial charge in [0.1, 0.15) is 0 Å². The van der Waals surface area contributed by atoms with E-state index in [0.717, 1.165) is 48.8 Å². The maximum Gasteiger partial charge on any atom is 0.194 e. The lowest BCUT2D eigenvalue weighted by molar-refractivity contribution is 0.422. The molecule has 0 aliphatic heterocycles. The van der Waals surface area contributed by atoms with Crippen LogP contribution in [0.15, 0.2) is 36.4 Å². The topological polar surface area (TPSA) is 0 Å². The number of hydrogen-bond acceptors (Lipinski definition) is 0. The van der Waals surface area contributed by atoms with Crippen molar-refractivity contribution >= 4 is 11.6 Å². The second-order valence-electron chi connectivity index (χ2n) is 8.02. The van der Waals surface area contributed by atoms with E-state index in [-0.39, 0.29) is 5.92 Å². The van der Waals surface area contributed by atoms with Gasteiger partial charge in [0.25, 0.3) is 0 Å². The van der Waals surface area contributed by atoms with Crippen LogP contribution in [0.1, 0.15) is 87.2 Å². The minimum Gasteiger partial charge on any atom is -0.204 e. The minimum absolute atomic E-state index is 0.198. The summed E-state index contributed by atoms with van der Waals surface area (Å²) in [6.07, 6.45) is 12.2. The fourth-order valence-electron chi connectivity index (χ4n) is 4.42. The molecule has 0 unspecified atom stereocenters. The second-order valence-corrected chi connectivity index (χ2v) is 8.46. The molecule has 152 valence electrons. The third-order valence-electron chi connectivity index (χ3n) is 6.03. The fraction of sp³-hybridized carbons (Fsp3) is 0.500. The van der Waals surface area contributed by atoms with Crippen LogP contribution >= 0.6 is 11.6 Å². The molecule has 0 saturated heterocycles. The summed E-state index contributed by atoms with van der Waals surface area (Å²) in [6, 6.07) is 10.6. The van der Waals surface area contributed by atoms with Crippen LogP contribution in [0.4, 0.5) is 13.2 Å². The molecule has 2 aliphatic carbocycles. The molecule has 2 aromatic carbocycles. The molecule has 0 amide bonds. The van der Waals surface area contributed by atoms with Crippen molar-refractivity contribution in [2.75, 3.05) is 0 Å². The van der Waals surface area contributed by atoms with Gasteiger partial charge in [-0.1, -0.05) is 62.3 Å². The number of hydrogen-bond donors (Lipinski definition) is 0. The van der Waals surface area contributed by atoms with E-state index in [1.165, 1.54) is 44.1 Å². The molecule has 0 heterocycles. The summed E-state index contributed by atoms with van der Waals surface area (Å²) in [5.41, 5.74) is 2.08. The highest BCUT2D eigenvalue weighted by molar-refractivity contribution is 6.30. The Morgan fingerprint density at radius 2 is 1.04 bits per heavy atom. The summed E-state index contributed by atoms with van der Waals surface area (Å²) in [5.74, 6) is -2.52. The van der Waals surface area contributed by atoms with E-state index in [1.807, 2.05) is 12.1 Å². The van der Waals surface area contributed by atoms with E-state index < -0.39 is 17.5 Å². The lowest BCUT2D eigenvalue weighted by atomic mass is 9.84. The van der Waals surface area contributed by atoms with Gasteiger partial charge in [-0.3, -0.25) is 0 Å². The highest BCUT2D eigenvalue weighted by Crippen LogP contribution is 2.34. The maximum atomic E-state index is 13.0. The van der Waals surface area contributed by atoms with E-state index in [0.29, 0.717) is 5.56 Å². The van der Waals surface area contributed by atoms with Gasteiger partial charge in [-0.25, -0.2) is 13.2 Å². The van der Waals surface area contributed by atoms with Crippen molar-refractivity contribution in [3.8, 4) is 0 Å². The Balaban J connectivity index is 0.000000162. The van der Waals surface area contributed by atoms with E-state index in [9.17, 15) is 13.2 Å². The summed E-state index contributed by atoms with van der Waals surface area (Å²) in [6.45, 7) is 0. The predicted molar refractivity (Wildman–Crippen MR) is 109 cm³/mol. The van der Waals surface area contributed by atoms with Crippen LogP contribution in [0.2, 0.25) is 5.02 Å². The largest absolute Gasteiger partial charge is 0.204 e. The highest BCUT2D eigenvalue weighted by atomic mass is 35.5. The normalized spacial score (nSPS) is 18.4. The van der Waals surface area contributed by atoms with Gasteiger partial charge in [-0.05, 0) is 72.9 Å². The summed E-state index contributed by atoms with van der Waals surface area (Å²) in [4.78, 5) is 0. The maximum absolute atomic E-state index is 13.0. The molecule has 2 fully saturated rings. The van der Waals surface area contributed by atoms with Gasteiger partial charge in [0.2, 0.25) is 0 Å². The molecular formula is C24H28ClF3. The van der Waals surface area contributed by atoms with Crippen LogP contribution in [0.5, 0.6) is 0 Å². The zero-order valence-electron chi connectivity index (χ0n) is 16.2. The highest BCUT2D eigenvalue weighted by Gasteiger charge is 2.19. The SMILES string of the molecule is Clc1ccc(C2CCCCC2)cc1.Fc1cc(C2CCCCC2)cc(F)c1F. The Hall–Kier alpha value is -1.48. The molecule has 0 radical (unpaired) electrons. The van der Waals surface area contributed by atoms with Crippen molar-refractivity contribution in [1.29, 1.82) is 0 Å². The molecule has 0 aromatic heterocycles. The van der Waals surface area contributed by atoms with Crippen LogP contribution < -0.4 is 0 Å². The third-order valence-corrected chi connectivity index (χ3v) is 6.28. The first-order valence-electron chi connectivity index (χ1n) is 10.4. The molecule has 4 heteroatoms. The predicted octanol–water partition coefficient (Wildman–Crippen LogP) is 8.54. The minimum atomic E-state index is -1.37. The zero-order valence-corrected chi connectivity index (χ0v) is 17.0. The Morgan fingerprint density at radius 1 is 0.607 bits per heavy atom. The van der Waals surface area contributed by atoms with Crippen LogP contribution in [0.3, 0.4) is 0 Å². The molecule has 0 spiro atoms. The Kier molecular flexibility index (Phi) is 7.84. The second kappa shape index (κ2) is 10.3. The zero-order chi connectivity index (χ0) is 19.9. The first-order chi connectivity index (χ1) is 13.5. The van der Waals surface area contributed by atoms with E-state index in [1.54, 1.807) is 0 Å². The summed E-state index contributed by atoms with van der Waals surface area (Å²) < 4.78 is 38.7. The van der Waals surface area contributed by atoms with Gasteiger partial charge in [-0.15, -0.1) is 0 Å². The van der Waals surface area contributed by atoms with Gasteiger partial charge < -0.3 is 0 Å². The summed E-state index contributed by atoms with van der Waals surface area (Å²) in [7, 11) is 0. The summed E-state index contributed by atoms with van der Waals surface area (Å²) in [5, 5.41) is 0.847. The smallest absolute Gasteiger partial charge is 0.194 e. The standard InChI is InChI=1S/C12H15Cl.C12H13F3/c13-12-8-6-11(7-9-12)10-4-2-1-3-5-10;13-10-6-9(7-11(14)12(10)15)8-4-2-1-3-5-8/h6-10H,1-5H2;6-8H,1-5H2. The van der Waals surface area contributed by atoms with Gasteiger partial charge in [-0.2, -0.15) is 0 Å². The van der Waals surface area contributed by atoms with Crippen LogP contribution in [-0.2, 0) is 0 Å². The number of benzene rings is 2. The van der Waals surface area contributed by atoms with Crippen molar-refractivity contribution < 1.29 is 13.2 Å². The van der Waals surface area contributed by atoms with E-state index in [4.69, 9.17) is 11.6 Å². The van der Waals surface area contributed by atoms with Crippen molar-refractivity contribution in [2.24, 2.45) is 0 Å². The average molecular weight is 409 g/mol. The molecule has 2 saturated carbocycles.